The lowest BCUT2D eigenvalue weighted by Gasteiger charge is -2.36. The number of nitrogens with zero attached hydrogens (tertiary/aromatic N) is 4. The van der Waals surface area contributed by atoms with Crippen LogP contribution in [0.1, 0.15) is 88.3 Å². The normalized spacial score (nSPS) is 21.5. The maximum absolute atomic E-state index is 13.7. The van der Waals surface area contributed by atoms with E-state index in [1.807, 2.05) is 6.08 Å². The van der Waals surface area contributed by atoms with Crippen molar-refractivity contribution in [2.45, 2.75) is 91.1 Å². The number of ether oxygens (including phenoxy) is 1. The largest absolute Gasteiger partial charge is 0.466 e. The van der Waals surface area contributed by atoms with E-state index in [2.05, 4.69) is 17.9 Å². The Labute approximate surface area is 240 Å². The van der Waals surface area contributed by atoms with E-state index in [0.717, 1.165) is 51.4 Å². The number of esters is 1. The zero-order valence-electron chi connectivity index (χ0n) is 23.2. The number of piperidine rings is 1. The van der Waals surface area contributed by atoms with Gasteiger partial charge in [-0.3, -0.25) is 23.9 Å². The molecule has 0 bridgehead atoms. The Bertz CT molecular complexity index is 1260. The summed E-state index contributed by atoms with van der Waals surface area (Å²) in [7, 11) is 0. The highest BCUT2D eigenvalue weighted by molar-refractivity contribution is 8.26. The molecule has 210 valence electrons. The van der Waals surface area contributed by atoms with Crippen molar-refractivity contribution in [3.8, 4) is 6.07 Å². The number of hydrogen-bond donors (Lipinski definition) is 0. The molecular weight excluding hydrogens is 532 g/mol. The van der Waals surface area contributed by atoms with Gasteiger partial charge in [0, 0.05) is 31.2 Å². The van der Waals surface area contributed by atoms with Crippen LogP contribution in [0.4, 0.5) is 5.82 Å². The molecule has 3 aliphatic rings. The van der Waals surface area contributed by atoms with Crippen LogP contribution in [-0.2, 0) is 20.9 Å². The van der Waals surface area contributed by atoms with Gasteiger partial charge >= 0.3 is 5.97 Å². The number of carbonyl (C=O) groups excluding carboxylic acids is 2. The van der Waals surface area contributed by atoms with Crippen LogP contribution in [0.5, 0.6) is 0 Å². The summed E-state index contributed by atoms with van der Waals surface area (Å²) in [4.78, 5) is 44.2. The fraction of sp³-hybridized carbons (Fsp3) is 0.621. The van der Waals surface area contributed by atoms with Crippen molar-refractivity contribution in [2.75, 3.05) is 24.6 Å². The molecular formula is C29H38N4O4S2. The van der Waals surface area contributed by atoms with Crippen molar-refractivity contribution < 1.29 is 14.3 Å². The fourth-order valence-corrected chi connectivity index (χ4v) is 7.28. The highest BCUT2D eigenvalue weighted by Crippen LogP contribution is 2.39. The highest BCUT2D eigenvalue weighted by Gasteiger charge is 2.38. The van der Waals surface area contributed by atoms with Gasteiger partial charge in [0.2, 0.25) is 0 Å². The summed E-state index contributed by atoms with van der Waals surface area (Å²) >= 11 is 6.96. The number of thioether (sulfide) groups is 1. The third-order valence-electron chi connectivity index (χ3n) is 7.96. The van der Waals surface area contributed by atoms with Crippen molar-refractivity contribution in [3.05, 3.63) is 31.9 Å². The van der Waals surface area contributed by atoms with Gasteiger partial charge in [-0.1, -0.05) is 56.6 Å². The second kappa shape index (κ2) is 13.1. The van der Waals surface area contributed by atoms with Crippen LogP contribution < -0.4 is 10.5 Å². The van der Waals surface area contributed by atoms with Gasteiger partial charge in [0.25, 0.3) is 11.5 Å². The molecule has 1 aromatic rings. The number of unbranched alkanes of at least 4 members (excludes halogenated alkanes) is 1. The molecule has 1 saturated carbocycles. The number of pyridine rings is 1. The van der Waals surface area contributed by atoms with Gasteiger partial charge in [-0.25, -0.2) is 0 Å². The molecule has 1 atom stereocenters. The SMILES string of the molecule is CCCCn1c(N2CCCC(C(=O)OCC)C2)c(/C=C2\SC(=S)N(C3CCCCC3)C2=O)c(C)c(C#N)c1=O. The number of anilines is 1. The second-order valence-electron chi connectivity index (χ2n) is 10.5. The molecule has 0 aromatic carbocycles. The number of rotatable bonds is 8. The summed E-state index contributed by atoms with van der Waals surface area (Å²) in [6.45, 7) is 7.47. The van der Waals surface area contributed by atoms with Crippen LogP contribution in [0, 0.1) is 24.2 Å². The number of hydrogen-bond acceptors (Lipinski definition) is 8. The number of carbonyl (C=O) groups is 2. The molecule has 8 nitrogen and oxygen atoms in total. The van der Waals surface area contributed by atoms with Crippen LogP contribution in [0.25, 0.3) is 6.08 Å². The van der Waals surface area contributed by atoms with Crippen LogP contribution in [0.3, 0.4) is 0 Å². The fourth-order valence-electron chi connectivity index (χ4n) is 5.90. The molecule has 1 amide bonds. The monoisotopic (exact) mass is 570 g/mol. The van der Waals surface area contributed by atoms with E-state index in [-0.39, 0.29) is 35.0 Å². The zero-order valence-corrected chi connectivity index (χ0v) is 24.8. The molecule has 1 aromatic heterocycles. The number of thiocarbonyl (C=S) groups is 1. The molecule has 3 fully saturated rings. The van der Waals surface area contributed by atoms with Gasteiger partial charge in [0.15, 0.2) is 0 Å². The summed E-state index contributed by atoms with van der Waals surface area (Å²) in [5.41, 5.74) is 0.980. The van der Waals surface area contributed by atoms with Crippen LogP contribution in [0.15, 0.2) is 9.70 Å². The molecule has 39 heavy (non-hydrogen) atoms. The number of amides is 1. The van der Waals surface area contributed by atoms with E-state index in [4.69, 9.17) is 17.0 Å². The molecule has 0 spiro atoms. The van der Waals surface area contributed by atoms with Crippen LogP contribution in [-0.4, -0.2) is 51.4 Å². The van der Waals surface area contributed by atoms with Crippen LogP contribution in [0.2, 0.25) is 0 Å². The van der Waals surface area contributed by atoms with E-state index in [0.29, 0.717) is 52.4 Å². The molecule has 2 aliphatic heterocycles. The summed E-state index contributed by atoms with van der Waals surface area (Å²) in [5.74, 6) is 0.0312. The average Bonchev–Trinajstić information content (AvgIpc) is 3.22. The Kier molecular flexibility index (Phi) is 9.89. The third-order valence-corrected chi connectivity index (χ3v) is 9.29. The highest BCUT2D eigenvalue weighted by atomic mass is 32.2. The Hall–Kier alpha value is -2.64. The molecule has 2 saturated heterocycles. The first-order valence-electron chi connectivity index (χ1n) is 14.2. The first-order valence-corrected chi connectivity index (χ1v) is 15.4. The predicted octanol–water partition coefficient (Wildman–Crippen LogP) is 5.14. The summed E-state index contributed by atoms with van der Waals surface area (Å²) in [6, 6.07) is 2.24. The maximum atomic E-state index is 13.7. The lowest BCUT2D eigenvalue weighted by molar-refractivity contribution is -0.148. The standard InChI is InChI=1S/C29H38N4O4S2/c1-4-6-15-32-25(31-14-10-11-20(18-31)28(36)37-5-2)22(19(3)23(17-30)26(32)34)16-24-27(35)33(29(38)39-24)21-12-8-7-9-13-21/h16,20-21H,4-15,18H2,1-3H3/b24-16-. The smallest absolute Gasteiger partial charge is 0.310 e. The first-order chi connectivity index (χ1) is 18.8. The zero-order chi connectivity index (χ0) is 28.1. The van der Waals surface area contributed by atoms with E-state index < -0.39 is 0 Å². The molecule has 1 aliphatic carbocycles. The van der Waals surface area contributed by atoms with Gasteiger partial charge in [0.05, 0.1) is 17.4 Å². The Morgan fingerprint density at radius 3 is 2.59 bits per heavy atom. The van der Waals surface area contributed by atoms with Crippen molar-refractivity contribution in [2.24, 2.45) is 5.92 Å². The second-order valence-corrected chi connectivity index (χ2v) is 12.2. The molecule has 10 heteroatoms. The lowest BCUT2D eigenvalue weighted by atomic mass is 9.94. The van der Waals surface area contributed by atoms with E-state index in [9.17, 15) is 19.6 Å². The quantitative estimate of drug-likeness (QED) is 0.241. The summed E-state index contributed by atoms with van der Waals surface area (Å²) < 4.78 is 7.56. The van der Waals surface area contributed by atoms with E-state index in [1.54, 1.807) is 23.3 Å². The van der Waals surface area contributed by atoms with Gasteiger partial charge < -0.3 is 9.64 Å². The van der Waals surface area contributed by atoms with Gasteiger partial charge in [0.1, 0.15) is 21.8 Å². The summed E-state index contributed by atoms with van der Waals surface area (Å²) in [5, 5.41) is 9.96. The van der Waals surface area contributed by atoms with E-state index >= 15 is 0 Å². The maximum Gasteiger partial charge on any atom is 0.310 e. The van der Waals surface area contributed by atoms with Gasteiger partial charge in [-0.15, -0.1) is 0 Å². The molecule has 1 unspecified atom stereocenters. The Morgan fingerprint density at radius 2 is 1.92 bits per heavy atom. The Balaban J connectivity index is 1.83. The van der Waals surface area contributed by atoms with Crippen molar-refractivity contribution >= 4 is 52.1 Å². The predicted molar refractivity (Wildman–Crippen MR) is 159 cm³/mol. The molecule has 0 radical (unpaired) electrons. The number of nitriles is 1. The van der Waals surface area contributed by atoms with Crippen molar-refractivity contribution in [1.82, 2.24) is 9.47 Å². The van der Waals surface area contributed by atoms with Crippen LogP contribution >= 0.6 is 24.0 Å². The first kappa shape index (κ1) is 29.3. The lowest BCUT2D eigenvalue weighted by Crippen LogP contribution is -2.43. The Morgan fingerprint density at radius 1 is 1.18 bits per heavy atom. The minimum absolute atomic E-state index is 0.0859. The topological polar surface area (TPSA) is 95.6 Å². The average molecular weight is 571 g/mol. The van der Waals surface area contributed by atoms with Crippen molar-refractivity contribution in [3.63, 3.8) is 0 Å². The minimum Gasteiger partial charge on any atom is -0.466 e. The minimum atomic E-state index is -0.330. The third kappa shape index (κ3) is 6.09. The molecule has 4 rings (SSSR count). The van der Waals surface area contributed by atoms with Gasteiger partial charge in [-0.2, -0.15) is 5.26 Å². The number of aromatic nitrogens is 1. The van der Waals surface area contributed by atoms with Crippen molar-refractivity contribution in [1.29, 1.82) is 5.26 Å². The van der Waals surface area contributed by atoms with Gasteiger partial charge in [-0.05, 0) is 57.6 Å². The molecule has 3 heterocycles. The molecule has 0 N–H and O–H groups in total. The summed E-state index contributed by atoms with van der Waals surface area (Å²) in [6.07, 6.45) is 10.2. The van der Waals surface area contributed by atoms with E-state index in [1.165, 1.54) is 18.2 Å².